The van der Waals surface area contributed by atoms with E-state index in [1.54, 1.807) is 6.20 Å². The maximum absolute atomic E-state index is 13.1. The Morgan fingerprint density at radius 3 is 2.85 bits per heavy atom. The zero-order valence-corrected chi connectivity index (χ0v) is 14.6. The molecule has 3 heterocycles. The molecule has 1 aliphatic heterocycles. The SMILES string of the molecule is FC(F)(F)Cc1cnc(N[C@H]2CCCNC2)nc1-c1c[nH]c2ccccc12. The van der Waals surface area contributed by atoms with Gasteiger partial charge in [-0.15, -0.1) is 0 Å². The number of halogens is 3. The molecular formula is C19H20F3N5. The van der Waals surface area contributed by atoms with Crippen molar-refractivity contribution in [3.05, 3.63) is 42.2 Å². The fraction of sp³-hybridized carbons (Fsp3) is 0.368. The van der Waals surface area contributed by atoms with E-state index >= 15 is 0 Å². The zero-order valence-electron chi connectivity index (χ0n) is 14.6. The first kappa shape index (κ1) is 17.8. The van der Waals surface area contributed by atoms with Crippen molar-refractivity contribution in [2.24, 2.45) is 0 Å². The summed E-state index contributed by atoms with van der Waals surface area (Å²) in [4.78, 5) is 11.7. The third-order valence-corrected chi connectivity index (χ3v) is 4.73. The molecular weight excluding hydrogens is 355 g/mol. The fourth-order valence-corrected chi connectivity index (χ4v) is 3.48. The molecule has 0 amide bonds. The van der Waals surface area contributed by atoms with Gasteiger partial charge in [-0.3, -0.25) is 0 Å². The molecule has 8 heteroatoms. The Hall–Kier alpha value is -2.61. The lowest BCUT2D eigenvalue weighted by atomic mass is 10.0. The van der Waals surface area contributed by atoms with Crippen LogP contribution in [-0.2, 0) is 6.42 Å². The molecule has 1 aliphatic rings. The standard InChI is InChI=1S/C19H20F3N5/c20-19(21,22)8-12-9-25-18(26-13-4-3-7-23-10-13)27-17(12)15-11-24-16-6-2-1-5-14(15)16/h1-2,5-6,9,11,13,23-24H,3-4,7-8,10H2,(H,25,26,27)/t13-/m0/s1. The van der Waals surface area contributed by atoms with Crippen LogP contribution in [0, 0.1) is 0 Å². The maximum atomic E-state index is 13.1. The van der Waals surface area contributed by atoms with Gasteiger partial charge in [0, 0.05) is 47.0 Å². The van der Waals surface area contributed by atoms with Crippen LogP contribution in [-0.4, -0.2) is 40.3 Å². The highest BCUT2D eigenvalue weighted by atomic mass is 19.4. The molecule has 1 aromatic carbocycles. The minimum absolute atomic E-state index is 0.0690. The normalized spacial score (nSPS) is 18.0. The Bertz CT molecular complexity index is 928. The Morgan fingerprint density at radius 1 is 1.22 bits per heavy atom. The molecule has 0 bridgehead atoms. The summed E-state index contributed by atoms with van der Waals surface area (Å²) < 4.78 is 39.2. The first-order valence-corrected chi connectivity index (χ1v) is 8.96. The van der Waals surface area contributed by atoms with Gasteiger partial charge >= 0.3 is 6.18 Å². The van der Waals surface area contributed by atoms with Crippen LogP contribution < -0.4 is 10.6 Å². The number of piperidine rings is 1. The van der Waals surface area contributed by atoms with Gasteiger partial charge in [-0.2, -0.15) is 13.2 Å². The molecule has 142 valence electrons. The Kier molecular flexibility index (Phi) is 4.73. The van der Waals surface area contributed by atoms with Crippen LogP contribution in [0.3, 0.4) is 0 Å². The van der Waals surface area contributed by atoms with Crippen LogP contribution in [0.2, 0.25) is 0 Å². The van der Waals surface area contributed by atoms with Crippen molar-refractivity contribution in [1.29, 1.82) is 0 Å². The van der Waals surface area contributed by atoms with Crippen molar-refractivity contribution >= 4 is 16.9 Å². The Morgan fingerprint density at radius 2 is 2.07 bits per heavy atom. The van der Waals surface area contributed by atoms with Crippen molar-refractivity contribution in [2.45, 2.75) is 31.5 Å². The fourth-order valence-electron chi connectivity index (χ4n) is 3.48. The number of hydrogen-bond acceptors (Lipinski definition) is 4. The predicted octanol–water partition coefficient (Wildman–Crippen LogP) is 3.89. The highest BCUT2D eigenvalue weighted by Gasteiger charge is 2.30. The lowest BCUT2D eigenvalue weighted by Gasteiger charge is -2.24. The molecule has 3 aromatic rings. The largest absolute Gasteiger partial charge is 0.393 e. The van der Waals surface area contributed by atoms with E-state index in [4.69, 9.17) is 0 Å². The molecule has 4 rings (SSSR count). The number of fused-ring (bicyclic) bond motifs is 1. The van der Waals surface area contributed by atoms with Crippen LogP contribution in [0.25, 0.3) is 22.2 Å². The lowest BCUT2D eigenvalue weighted by Crippen LogP contribution is -2.38. The van der Waals surface area contributed by atoms with Crippen molar-refractivity contribution in [1.82, 2.24) is 20.3 Å². The number of rotatable bonds is 4. The second-order valence-electron chi connectivity index (χ2n) is 6.79. The molecule has 3 N–H and O–H groups in total. The first-order chi connectivity index (χ1) is 13.0. The second-order valence-corrected chi connectivity index (χ2v) is 6.79. The van der Waals surface area contributed by atoms with E-state index in [2.05, 4.69) is 25.6 Å². The third-order valence-electron chi connectivity index (χ3n) is 4.73. The summed E-state index contributed by atoms with van der Waals surface area (Å²) in [5.74, 6) is 0.356. The number of alkyl halides is 3. The van der Waals surface area contributed by atoms with Gasteiger partial charge in [0.15, 0.2) is 0 Å². The molecule has 0 radical (unpaired) electrons. The number of anilines is 1. The quantitative estimate of drug-likeness (QED) is 0.647. The van der Waals surface area contributed by atoms with Crippen molar-refractivity contribution in [3.8, 4) is 11.3 Å². The van der Waals surface area contributed by atoms with Gasteiger partial charge in [-0.1, -0.05) is 18.2 Å². The van der Waals surface area contributed by atoms with Gasteiger partial charge in [0.1, 0.15) is 0 Å². The Balaban J connectivity index is 1.74. The number of aromatic amines is 1. The Labute approximate surface area is 154 Å². The third kappa shape index (κ3) is 4.05. The maximum Gasteiger partial charge on any atom is 0.393 e. The highest BCUT2D eigenvalue weighted by molar-refractivity contribution is 5.95. The summed E-state index contributed by atoms with van der Waals surface area (Å²) >= 11 is 0. The van der Waals surface area contributed by atoms with Gasteiger partial charge in [0.2, 0.25) is 5.95 Å². The zero-order chi connectivity index (χ0) is 18.9. The molecule has 0 unspecified atom stereocenters. The molecule has 1 atom stereocenters. The van der Waals surface area contributed by atoms with Crippen LogP contribution in [0.15, 0.2) is 36.7 Å². The van der Waals surface area contributed by atoms with E-state index in [0.717, 1.165) is 36.8 Å². The van der Waals surface area contributed by atoms with E-state index < -0.39 is 12.6 Å². The van der Waals surface area contributed by atoms with Gasteiger partial charge < -0.3 is 15.6 Å². The number of benzene rings is 1. The van der Waals surface area contributed by atoms with Crippen LogP contribution >= 0.6 is 0 Å². The van der Waals surface area contributed by atoms with E-state index in [-0.39, 0.29) is 11.6 Å². The number of nitrogens with one attached hydrogen (secondary N) is 3. The minimum atomic E-state index is -4.33. The summed E-state index contributed by atoms with van der Waals surface area (Å²) in [5.41, 5.74) is 1.89. The van der Waals surface area contributed by atoms with Gasteiger partial charge in [-0.25, -0.2) is 9.97 Å². The molecule has 0 aliphatic carbocycles. The second kappa shape index (κ2) is 7.19. The number of aromatic nitrogens is 3. The van der Waals surface area contributed by atoms with Gasteiger partial charge in [0.05, 0.1) is 12.1 Å². The van der Waals surface area contributed by atoms with Crippen molar-refractivity contribution < 1.29 is 13.2 Å². The summed E-state index contributed by atoms with van der Waals surface area (Å²) in [7, 11) is 0. The molecule has 2 aromatic heterocycles. The number of H-pyrrole nitrogens is 1. The number of hydrogen-bond donors (Lipinski definition) is 3. The van der Waals surface area contributed by atoms with E-state index in [1.165, 1.54) is 6.20 Å². The van der Waals surface area contributed by atoms with Crippen molar-refractivity contribution in [3.63, 3.8) is 0 Å². The van der Waals surface area contributed by atoms with Crippen LogP contribution in [0.5, 0.6) is 0 Å². The number of para-hydroxylation sites is 1. The predicted molar refractivity (Wildman–Crippen MR) is 98.6 cm³/mol. The smallest absolute Gasteiger partial charge is 0.360 e. The van der Waals surface area contributed by atoms with E-state index in [9.17, 15) is 13.2 Å². The topological polar surface area (TPSA) is 65.6 Å². The average molecular weight is 375 g/mol. The summed E-state index contributed by atoms with van der Waals surface area (Å²) in [6, 6.07) is 7.66. The van der Waals surface area contributed by atoms with E-state index in [0.29, 0.717) is 17.2 Å². The highest BCUT2D eigenvalue weighted by Crippen LogP contribution is 2.33. The van der Waals surface area contributed by atoms with Crippen molar-refractivity contribution in [2.75, 3.05) is 18.4 Å². The average Bonchev–Trinajstić information content (AvgIpc) is 3.07. The molecule has 27 heavy (non-hydrogen) atoms. The first-order valence-electron chi connectivity index (χ1n) is 8.96. The monoisotopic (exact) mass is 375 g/mol. The summed E-state index contributed by atoms with van der Waals surface area (Å²) in [5, 5.41) is 7.38. The molecule has 0 saturated carbocycles. The summed E-state index contributed by atoms with van der Waals surface area (Å²) in [6.07, 6.45) is -0.378. The minimum Gasteiger partial charge on any atom is -0.360 e. The number of nitrogens with zero attached hydrogens (tertiary/aromatic N) is 2. The van der Waals surface area contributed by atoms with Gasteiger partial charge in [0.25, 0.3) is 0 Å². The van der Waals surface area contributed by atoms with Gasteiger partial charge in [-0.05, 0) is 25.5 Å². The van der Waals surface area contributed by atoms with E-state index in [1.807, 2.05) is 24.3 Å². The van der Waals surface area contributed by atoms with Crippen LogP contribution in [0.4, 0.5) is 19.1 Å². The molecule has 5 nitrogen and oxygen atoms in total. The molecule has 1 fully saturated rings. The molecule has 1 saturated heterocycles. The summed E-state index contributed by atoms with van der Waals surface area (Å²) in [6.45, 7) is 1.76. The van der Waals surface area contributed by atoms with Crippen LogP contribution in [0.1, 0.15) is 18.4 Å². The lowest BCUT2D eigenvalue weighted by molar-refractivity contribution is -0.127. The molecule has 0 spiro atoms.